The molecular formula is C17H22O3. The highest BCUT2D eigenvalue weighted by Crippen LogP contribution is 2.23. The summed E-state index contributed by atoms with van der Waals surface area (Å²) in [5, 5.41) is 8.91. The van der Waals surface area contributed by atoms with Gasteiger partial charge in [-0.1, -0.05) is 31.9 Å². The zero-order valence-electron chi connectivity index (χ0n) is 12.5. The summed E-state index contributed by atoms with van der Waals surface area (Å²) in [6.45, 7) is 7.97. The van der Waals surface area contributed by atoms with Crippen molar-refractivity contribution in [1.29, 1.82) is 0 Å². The van der Waals surface area contributed by atoms with Crippen molar-refractivity contribution < 1.29 is 14.6 Å². The van der Waals surface area contributed by atoms with Crippen molar-refractivity contribution >= 4 is 5.97 Å². The Bertz CT molecular complexity index is 491. The largest absolute Gasteiger partial charge is 0.490 e. The molecule has 0 spiro atoms. The van der Waals surface area contributed by atoms with Crippen molar-refractivity contribution in [3.8, 4) is 17.6 Å². The first kappa shape index (κ1) is 16.1. The molecule has 0 saturated carbocycles. The molecule has 1 aromatic rings. The summed E-state index contributed by atoms with van der Waals surface area (Å²) in [6.07, 6.45) is 0.162. The fourth-order valence-corrected chi connectivity index (χ4v) is 1.73. The molecule has 0 fully saturated rings. The lowest BCUT2D eigenvalue weighted by Gasteiger charge is -2.18. The van der Waals surface area contributed by atoms with E-state index in [-0.39, 0.29) is 18.4 Å². The summed E-state index contributed by atoms with van der Waals surface area (Å²) in [7, 11) is 0. The second-order valence-corrected chi connectivity index (χ2v) is 5.18. The van der Waals surface area contributed by atoms with Gasteiger partial charge in [-0.05, 0) is 37.5 Å². The van der Waals surface area contributed by atoms with Crippen LogP contribution in [0.15, 0.2) is 24.3 Å². The molecule has 1 aromatic carbocycles. The fraction of sp³-hybridized carbons (Fsp3) is 0.471. The molecule has 0 aliphatic carbocycles. The van der Waals surface area contributed by atoms with Crippen LogP contribution in [0, 0.1) is 17.8 Å². The summed E-state index contributed by atoms with van der Waals surface area (Å²) in [5.74, 6) is 5.86. The Morgan fingerprint density at radius 2 is 1.85 bits per heavy atom. The molecular weight excluding hydrogens is 252 g/mol. The maximum absolute atomic E-state index is 10.9. The maximum Gasteiger partial charge on any atom is 0.304 e. The average molecular weight is 274 g/mol. The number of rotatable bonds is 6. The van der Waals surface area contributed by atoms with E-state index in [1.54, 1.807) is 6.92 Å². The molecule has 3 nitrogen and oxygen atoms in total. The lowest BCUT2D eigenvalue weighted by molar-refractivity contribution is -0.137. The van der Waals surface area contributed by atoms with E-state index in [2.05, 4.69) is 25.7 Å². The first-order valence-electron chi connectivity index (χ1n) is 6.84. The predicted octanol–water partition coefficient (Wildman–Crippen LogP) is 3.69. The number of hydrogen-bond acceptors (Lipinski definition) is 2. The Labute approximate surface area is 121 Å². The Morgan fingerprint density at radius 3 is 2.30 bits per heavy atom. The molecule has 0 aliphatic rings. The number of hydrogen-bond donors (Lipinski definition) is 1. The van der Waals surface area contributed by atoms with Crippen LogP contribution in [-0.2, 0) is 4.79 Å². The summed E-state index contributed by atoms with van der Waals surface area (Å²) in [6, 6.07) is 7.53. The molecule has 1 N–H and O–H groups in total. The van der Waals surface area contributed by atoms with Crippen LogP contribution in [-0.4, -0.2) is 17.2 Å². The van der Waals surface area contributed by atoms with Crippen molar-refractivity contribution in [1.82, 2.24) is 0 Å². The van der Waals surface area contributed by atoms with Gasteiger partial charge in [0.15, 0.2) is 0 Å². The van der Waals surface area contributed by atoms with Crippen LogP contribution >= 0.6 is 0 Å². The highest BCUT2D eigenvalue weighted by Gasteiger charge is 2.14. The molecule has 3 heteroatoms. The van der Waals surface area contributed by atoms with Gasteiger partial charge in [-0.3, -0.25) is 4.79 Å². The van der Waals surface area contributed by atoms with Gasteiger partial charge >= 0.3 is 5.97 Å². The van der Waals surface area contributed by atoms with Gasteiger partial charge in [-0.25, -0.2) is 0 Å². The molecule has 0 bridgehead atoms. The lowest BCUT2D eigenvalue weighted by Crippen LogP contribution is -2.18. The molecule has 1 rings (SSSR count). The third-order valence-electron chi connectivity index (χ3n) is 3.24. The molecule has 20 heavy (non-hydrogen) atoms. The van der Waals surface area contributed by atoms with Crippen LogP contribution in [0.25, 0.3) is 0 Å². The van der Waals surface area contributed by atoms with Gasteiger partial charge in [0.25, 0.3) is 0 Å². The highest BCUT2D eigenvalue weighted by atomic mass is 16.5. The maximum atomic E-state index is 10.9. The molecule has 0 amide bonds. The second-order valence-electron chi connectivity index (χ2n) is 5.18. The second kappa shape index (κ2) is 7.59. The smallest absolute Gasteiger partial charge is 0.304 e. The van der Waals surface area contributed by atoms with Crippen LogP contribution in [0.5, 0.6) is 5.75 Å². The average Bonchev–Trinajstić information content (AvgIpc) is 2.38. The minimum absolute atomic E-state index is 0.0173. The van der Waals surface area contributed by atoms with E-state index >= 15 is 0 Å². The van der Waals surface area contributed by atoms with Crippen molar-refractivity contribution in [2.45, 2.75) is 46.1 Å². The molecule has 0 heterocycles. The van der Waals surface area contributed by atoms with Gasteiger partial charge in [0.05, 0.1) is 18.4 Å². The fourth-order valence-electron chi connectivity index (χ4n) is 1.73. The standard InChI is InChI=1S/C17H22O3/c1-5-6-15(11-17(18)19)14-7-9-16(10-8-14)20-13(4)12(2)3/h7-10,12-13,15H,11H2,1-4H3,(H,18,19)/t13?,15-/m0/s1. The van der Waals surface area contributed by atoms with Crippen LogP contribution in [0.1, 0.15) is 45.6 Å². The van der Waals surface area contributed by atoms with E-state index < -0.39 is 5.97 Å². The molecule has 0 saturated heterocycles. The molecule has 0 radical (unpaired) electrons. The molecule has 0 aromatic heterocycles. The lowest BCUT2D eigenvalue weighted by atomic mass is 9.96. The van der Waals surface area contributed by atoms with Gasteiger partial charge in [0.2, 0.25) is 0 Å². The van der Waals surface area contributed by atoms with E-state index in [9.17, 15) is 4.79 Å². The summed E-state index contributed by atoms with van der Waals surface area (Å²) >= 11 is 0. The Morgan fingerprint density at radius 1 is 1.25 bits per heavy atom. The number of ether oxygens (including phenoxy) is 1. The van der Waals surface area contributed by atoms with Crippen LogP contribution in [0.3, 0.4) is 0 Å². The highest BCUT2D eigenvalue weighted by molar-refractivity contribution is 5.69. The normalized spacial score (nSPS) is 13.2. The van der Waals surface area contributed by atoms with E-state index in [0.29, 0.717) is 5.92 Å². The number of aliphatic carboxylic acids is 1. The topological polar surface area (TPSA) is 46.5 Å². The van der Waals surface area contributed by atoms with E-state index in [0.717, 1.165) is 11.3 Å². The monoisotopic (exact) mass is 274 g/mol. The van der Waals surface area contributed by atoms with E-state index in [1.807, 2.05) is 31.2 Å². The molecule has 1 unspecified atom stereocenters. The molecule has 108 valence electrons. The number of carboxylic acid groups (broad SMARTS) is 1. The number of carbonyl (C=O) groups is 1. The Kier molecular flexibility index (Phi) is 6.11. The zero-order chi connectivity index (χ0) is 15.1. The first-order valence-corrected chi connectivity index (χ1v) is 6.84. The van der Waals surface area contributed by atoms with Gasteiger partial charge in [-0.2, -0.15) is 0 Å². The van der Waals surface area contributed by atoms with Gasteiger partial charge in [0, 0.05) is 0 Å². The summed E-state index contributed by atoms with van der Waals surface area (Å²) < 4.78 is 5.80. The van der Waals surface area contributed by atoms with Crippen molar-refractivity contribution in [2.75, 3.05) is 0 Å². The van der Waals surface area contributed by atoms with Crippen LogP contribution < -0.4 is 4.74 Å². The van der Waals surface area contributed by atoms with Gasteiger partial charge in [-0.15, -0.1) is 5.92 Å². The molecule has 2 atom stereocenters. The third-order valence-corrected chi connectivity index (χ3v) is 3.24. The van der Waals surface area contributed by atoms with E-state index in [1.165, 1.54) is 0 Å². The quantitative estimate of drug-likeness (QED) is 0.805. The van der Waals surface area contributed by atoms with E-state index in [4.69, 9.17) is 9.84 Å². The van der Waals surface area contributed by atoms with Crippen molar-refractivity contribution in [3.05, 3.63) is 29.8 Å². The minimum Gasteiger partial charge on any atom is -0.490 e. The first-order chi connectivity index (χ1) is 9.43. The Hall–Kier alpha value is -1.95. The van der Waals surface area contributed by atoms with Gasteiger partial charge < -0.3 is 9.84 Å². The summed E-state index contributed by atoms with van der Waals surface area (Å²) in [5.41, 5.74) is 0.909. The Balaban J connectivity index is 2.82. The number of carboxylic acids is 1. The summed E-state index contributed by atoms with van der Waals surface area (Å²) in [4.78, 5) is 10.9. The SMILES string of the molecule is CC#C[C@@H](CC(=O)O)c1ccc(OC(C)C(C)C)cc1. The van der Waals surface area contributed by atoms with Crippen molar-refractivity contribution in [3.63, 3.8) is 0 Å². The third kappa shape index (κ3) is 4.97. The van der Waals surface area contributed by atoms with Crippen LogP contribution in [0.2, 0.25) is 0 Å². The molecule has 0 aliphatic heterocycles. The predicted molar refractivity (Wildman–Crippen MR) is 79.8 cm³/mol. The zero-order valence-corrected chi connectivity index (χ0v) is 12.5. The number of benzene rings is 1. The van der Waals surface area contributed by atoms with Crippen molar-refractivity contribution in [2.24, 2.45) is 5.92 Å². The minimum atomic E-state index is -0.841. The van der Waals surface area contributed by atoms with Crippen LogP contribution in [0.4, 0.5) is 0 Å². The van der Waals surface area contributed by atoms with Gasteiger partial charge in [0.1, 0.15) is 5.75 Å².